The molecule has 11 nitrogen and oxygen atoms in total. The minimum absolute atomic E-state index is 0.244. The molecule has 3 aromatic rings. The summed E-state index contributed by atoms with van der Waals surface area (Å²) in [6, 6.07) is 13.2. The first-order chi connectivity index (χ1) is 25.3. The summed E-state index contributed by atoms with van der Waals surface area (Å²) in [5.41, 5.74) is 5.83. The third-order valence-corrected chi connectivity index (χ3v) is 12.2. The quantitative estimate of drug-likeness (QED) is 0.0870. The summed E-state index contributed by atoms with van der Waals surface area (Å²) in [4.78, 5) is 6.00. The lowest BCUT2D eigenvalue weighted by atomic mass is 9.81. The van der Waals surface area contributed by atoms with Crippen molar-refractivity contribution >= 4 is 42.9 Å². The molecule has 0 radical (unpaired) electrons. The molecule has 0 fully saturated rings. The second kappa shape index (κ2) is 15.2. The van der Waals surface area contributed by atoms with Crippen LogP contribution in [0.5, 0.6) is 0 Å². The highest BCUT2D eigenvalue weighted by Gasteiger charge is 2.45. The summed E-state index contributed by atoms with van der Waals surface area (Å²) < 4.78 is 76.4. The van der Waals surface area contributed by atoms with Gasteiger partial charge in [0, 0.05) is 59.9 Å². The van der Waals surface area contributed by atoms with Gasteiger partial charge in [0.05, 0.1) is 77.0 Å². The molecule has 5 rings (SSSR count). The first-order valence-electron chi connectivity index (χ1n) is 18.6. The van der Waals surface area contributed by atoms with Gasteiger partial charge in [0.2, 0.25) is 5.69 Å². The van der Waals surface area contributed by atoms with Crippen molar-refractivity contribution in [3.8, 4) is 0 Å². The van der Waals surface area contributed by atoms with E-state index >= 15 is 0 Å². The Labute approximate surface area is 328 Å². The highest BCUT2D eigenvalue weighted by Crippen LogP contribution is 2.49. The van der Waals surface area contributed by atoms with Crippen LogP contribution in [-0.4, -0.2) is 119 Å². The summed E-state index contributed by atoms with van der Waals surface area (Å²) in [6.07, 6.45) is 13.5. The number of rotatable bonds is 14. The summed E-state index contributed by atoms with van der Waals surface area (Å²) in [5, 5.41) is 0. The Bertz CT molecular complexity index is 2300. The minimum Gasteiger partial charge on any atom is -0.744 e. The third-order valence-electron chi connectivity index (χ3n) is 10.6. The van der Waals surface area contributed by atoms with E-state index in [0.717, 1.165) is 79.9 Å². The van der Waals surface area contributed by atoms with E-state index in [1.165, 1.54) is 24.3 Å². The Balaban J connectivity index is 1.65. The lowest BCUT2D eigenvalue weighted by Crippen LogP contribution is -2.37. The van der Waals surface area contributed by atoms with Gasteiger partial charge in [-0.3, -0.25) is 4.98 Å². The van der Waals surface area contributed by atoms with E-state index in [4.69, 9.17) is 0 Å². The van der Waals surface area contributed by atoms with Crippen molar-refractivity contribution in [3.63, 3.8) is 0 Å². The van der Waals surface area contributed by atoms with Crippen molar-refractivity contribution in [2.45, 2.75) is 61.2 Å². The molecule has 2 aliphatic rings. The largest absolute Gasteiger partial charge is 0.744 e. The average molecular weight is 791 g/mol. The Hall–Kier alpha value is -3.98. The van der Waals surface area contributed by atoms with E-state index in [9.17, 15) is 25.9 Å². The number of allylic oxidation sites excluding steroid dienone is 6. The predicted octanol–water partition coefficient (Wildman–Crippen LogP) is 5.78. The molecule has 0 saturated carbocycles. The zero-order valence-electron chi connectivity index (χ0n) is 33.8. The zero-order chi connectivity index (χ0) is 40.8. The summed E-state index contributed by atoms with van der Waals surface area (Å²) >= 11 is 0. The van der Waals surface area contributed by atoms with E-state index in [2.05, 4.69) is 81.0 Å². The van der Waals surface area contributed by atoms with Gasteiger partial charge in [-0.05, 0) is 85.2 Å². The number of pyridine rings is 1. The Morgan fingerprint density at radius 2 is 1.35 bits per heavy atom. The van der Waals surface area contributed by atoms with Crippen molar-refractivity contribution in [2.75, 3.05) is 73.4 Å². The van der Waals surface area contributed by atoms with Gasteiger partial charge in [-0.15, -0.1) is 0 Å². The van der Waals surface area contributed by atoms with E-state index in [0.29, 0.717) is 13.1 Å². The predicted molar refractivity (Wildman–Crippen MR) is 216 cm³/mol. The maximum Gasteiger partial charge on any atom is 0.209 e. The standard InChI is InChI=1S/C42H56N5O6S2/c1-41(2)35-29-33(54(48,49)50)15-17-37(35)44(25-11-27-46(5,6)7)39(41)19-13-31(32-21-23-43-24-22-32)14-20-40-42(3,4)36-30-34(55(51,52)53)16-18-38(36)45(40)26-12-28-47(8,9)10/h13-24,29-30H,11-12,25-28H2,1-10H3/q+1. The number of nitrogens with zero attached hydrogens (tertiary/aromatic N) is 5. The van der Waals surface area contributed by atoms with E-state index in [1.807, 2.05) is 39.8 Å². The lowest BCUT2D eigenvalue weighted by Gasteiger charge is -2.29. The smallest absolute Gasteiger partial charge is 0.209 e. The SMILES string of the molecule is CC1(C)C(/C=C/C(=C/C=C2/N(CCC[N+](C)(C)C)c3ccc(S(=O)(=O)[O-])cc3C2(C)C)c2ccncc2)=[N+](CCC[N+](C)(C)C)c2ccc(S(=O)(=O)[O-])cc21. The van der Waals surface area contributed by atoms with Crippen LogP contribution < -0.4 is 4.90 Å². The van der Waals surface area contributed by atoms with Crippen LogP contribution in [0.15, 0.2) is 101 Å². The van der Waals surface area contributed by atoms with Gasteiger partial charge in [0.25, 0.3) is 0 Å². The molecule has 3 heterocycles. The van der Waals surface area contributed by atoms with Gasteiger partial charge in [-0.1, -0.05) is 19.9 Å². The molecule has 2 aliphatic heterocycles. The van der Waals surface area contributed by atoms with Crippen molar-refractivity contribution < 1.29 is 39.5 Å². The fourth-order valence-electron chi connectivity index (χ4n) is 7.64. The number of hydrogen-bond donors (Lipinski definition) is 0. The lowest BCUT2D eigenvalue weighted by molar-refractivity contribution is -0.871. The van der Waals surface area contributed by atoms with Gasteiger partial charge in [-0.2, -0.15) is 4.58 Å². The molecule has 0 amide bonds. The fraction of sp³-hybridized carbons (Fsp3) is 0.429. The molecule has 55 heavy (non-hydrogen) atoms. The molecule has 0 N–H and O–H groups in total. The molecule has 296 valence electrons. The highest BCUT2D eigenvalue weighted by molar-refractivity contribution is 7.86. The molecule has 13 heteroatoms. The number of aromatic nitrogens is 1. The van der Waals surface area contributed by atoms with Crippen molar-refractivity contribution in [1.82, 2.24) is 4.98 Å². The van der Waals surface area contributed by atoms with Crippen molar-refractivity contribution in [1.29, 1.82) is 0 Å². The molecule has 2 aromatic carbocycles. The van der Waals surface area contributed by atoms with E-state index in [1.54, 1.807) is 24.5 Å². The van der Waals surface area contributed by atoms with Crippen LogP contribution in [0, 0.1) is 0 Å². The maximum atomic E-state index is 12.1. The number of benzene rings is 2. The van der Waals surface area contributed by atoms with E-state index < -0.39 is 31.1 Å². The van der Waals surface area contributed by atoms with Gasteiger partial charge in [0.1, 0.15) is 20.2 Å². The molecule has 0 atom stereocenters. The second-order valence-electron chi connectivity index (χ2n) is 17.7. The van der Waals surface area contributed by atoms with Crippen LogP contribution in [0.4, 0.5) is 11.4 Å². The van der Waals surface area contributed by atoms with Crippen molar-refractivity contribution in [3.05, 3.63) is 108 Å². The Morgan fingerprint density at radius 3 is 1.93 bits per heavy atom. The normalized spacial score (nSPS) is 18.1. The summed E-state index contributed by atoms with van der Waals surface area (Å²) in [7, 11) is 3.60. The second-order valence-corrected chi connectivity index (χ2v) is 20.4. The molecule has 0 bridgehead atoms. The average Bonchev–Trinajstić information content (AvgIpc) is 3.41. The molecule has 0 unspecified atom stereocenters. The summed E-state index contributed by atoms with van der Waals surface area (Å²) in [5.74, 6) is 0. The first-order valence-corrected chi connectivity index (χ1v) is 21.4. The minimum atomic E-state index is -4.65. The first kappa shape index (κ1) is 42.2. The fourth-order valence-corrected chi connectivity index (χ4v) is 8.63. The van der Waals surface area contributed by atoms with Gasteiger partial charge >= 0.3 is 0 Å². The highest BCUT2D eigenvalue weighted by atomic mass is 32.2. The zero-order valence-corrected chi connectivity index (χ0v) is 35.5. The third kappa shape index (κ3) is 9.53. The number of fused-ring (bicyclic) bond motifs is 2. The van der Waals surface area contributed by atoms with Crippen LogP contribution in [-0.2, 0) is 31.1 Å². The molecule has 0 aliphatic carbocycles. The monoisotopic (exact) mass is 790 g/mol. The Kier molecular flexibility index (Phi) is 11.6. The number of hydrogen-bond acceptors (Lipinski definition) is 8. The number of quaternary nitrogens is 2. The molecule has 1 aromatic heterocycles. The van der Waals surface area contributed by atoms with Crippen LogP contribution in [0.1, 0.15) is 57.2 Å². The molecule has 0 saturated heterocycles. The van der Waals surface area contributed by atoms with E-state index in [-0.39, 0.29) is 9.79 Å². The summed E-state index contributed by atoms with van der Waals surface area (Å²) in [6.45, 7) is 11.4. The molecule has 0 spiro atoms. The van der Waals surface area contributed by atoms with Gasteiger partial charge < -0.3 is 23.0 Å². The topological polar surface area (TPSA) is 134 Å². The number of anilines is 1. The van der Waals surface area contributed by atoms with Crippen molar-refractivity contribution in [2.24, 2.45) is 0 Å². The van der Waals surface area contributed by atoms with Crippen LogP contribution in [0.3, 0.4) is 0 Å². The van der Waals surface area contributed by atoms with Crippen LogP contribution in [0.25, 0.3) is 5.57 Å². The molecular formula is C42H56N5O6S2+. The van der Waals surface area contributed by atoms with Gasteiger partial charge in [0.15, 0.2) is 12.3 Å². The Morgan fingerprint density at radius 1 is 0.782 bits per heavy atom. The van der Waals surface area contributed by atoms with Gasteiger partial charge in [-0.25, -0.2) is 16.8 Å². The van der Waals surface area contributed by atoms with Crippen LogP contribution >= 0.6 is 0 Å². The maximum absolute atomic E-state index is 12.1. The van der Waals surface area contributed by atoms with Crippen LogP contribution in [0.2, 0.25) is 0 Å². The molecular weight excluding hydrogens is 735 g/mol.